The summed E-state index contributed by atoms with van der Waals surface area (Å²) in [5, 5.41) is 5.74. The van der Waals surface area contributed by atoms with Crippen molar-refractivity contribution in [2.75, 3.05) is 6.61 Å². The molecule has 0 aliphatic rings. The van der Waals surface area contributed by atoms with E-state index in [-0.39, 0.29) is 11.5 Å². The first kappa shape index (κ1) is 27.6. The number of fused-ring (bicyclic) bond motifs is 1. The largest absolute Gasteiger partial charge is 0.490 e. The number of hydrogen-bond donors (Lipinski definition) is 0. The van der Waals surface area contributed by atoms with Crippen LogP contribution in [0.2, 0.25) is 5.02 Å². The summed E-state index contributed by atoms with van der Waals surface area (Å²) >= 11 is 12.0. The normalized spacial score (nSPS) is 12.3. The fourth-order valence-corrected chi connectivity index (χ4v) is 5.07. The maximum atomic E-state index is 13.4. The summed E-state index contributed by atoms with van der Waals surface area (Å²) in [7, 11) is 0. The Balaban J connectivity index is 1.72. The highest BCUT2D eigenvalue weighted by atomic mass is 127. The molecule has 6 nitrogen and oxygen atoms in total. The van der Waals surface area contributed by atoms with E-state index < -0.39 is 0 Å². The van der Waals surface area contributed by atoms with Crippen molar-refractivity contribution in [3.63, 3.8) is 0 Å². The van der Waals surface area contributed by atoms with E-state index in [1.54, 1.807) is 12.3 Å². The van der Waals surface area contributed by atoms with Crippen LogP contribution in [0.25, 0.3) is 10.9 Å². The van der Waals surface area contributed by atoms with Gasteiger partial charge in [0.2, 0.25) is 0 Å². The highest BCUT2D eigenvalue weighted by Gasteiger charge is 2.17. The second kappa shape index (κ2) is 12.4. The van der Waals surface area contributed by atoms with E-state index in [1.165, 1.54) is 4.68 Å². The Morgan fingerprint density at radius 2 is 1.95 bits per heavy atom. The molecule has 3 aromatic carbocycles. The lowest BCUT2D eigenvalue weighted by molar-refractivity contribution is 0.267. The third-order valence-corrected chi connectivity index (χ3v) is 7.53. The van der Waals surface area contributed by atoms with E-state index >= 15 is 0 Å². The first-order chi connectivity index (χ1) is 17.8. The van der Waals surface area contributed by atoms with E-state index in [0.29, 0.717) is 46.5 Å². The minimum Gasteiger partial charge on any atom is -0.490 e. The number of rotatable bonds is 9. The van der Waals surface area contributed by atoms with Gasteiger partial charge in [0.15, 0.2) is 11.5 Å². The quantitative estimate of drug-likeness (QED) is 0.133. The van der Waals surface area contributed by atoms with E-state index in [0.717, 1.165) is 25.6 Å². The lowest BCUT2D eigenvalue weighted by atomic mass is 10.1. The van der Waals surface area contributed by atoms with Crippen LogP contribution in [0.15, 0.2) is 69.0 Å². The topological polar surface area (TPSA) is 65.7 Å². The van der Waals surface area contributed by atoms with Crippen molar-refractivity contribution in [2.24, 2.45) is 5.10 Å². The van der Waals surface area contributed by atoms with Crippen molar-refractivity contribution >= 4 is 67.2 Å². The van der Waals surface area contributed by atoms with Crippen LogP contribution >= 0.6 is 50.1 Å². The highest BCUT2D eigenvalue weighted by Crippen LogP contribution is 2.35. The van der Waals surface area contributed by atoms with Crippen molar-refractivity contribution in [3.05, 3.63) is 95.0 Å². The molecule has 0 aliphatic heterocycles. The molecule has 0 fully saturated rings. The Labute approximate surface area is 242 Å². The lowest BCUT2D eigenvalue weighted by Gasteiger charge is -2.16. The van der Waals surface area contributed by atoms with Crippen LogP contribution in [0.1, 0.15) is 50.1 Å². The smallest absolute Gasteiger partial charge is 0.282 e. The van der Waals surface area contributed by atoms with E-state index in [4.69, 9.17) is 26.1 Å². The fraction of sp³-hybridized carbons (Fsp3) is 0.250. The molecule has 37 heavy (non-hydrogen) atoms. The molecule has 0 spiro atoms. The van der Waals surface area contributed by atoms with Gasteiger partial charge in [-0.1, -0.05) is 59.6 Å². The first-order valence-electron chi connectivity index (χ1n) is 11.9. The minimum absolute atomic E-state index is 0.0533. The Bertz CT molecular complexity index is 1520. The highest BCUT2D eigenvalue weighted by molar-refractivity contribution is 14.1. The summed E-state index contributed by atoms with van der Waals surface area (Å²) in [6, 6.07) is 16.9. The van der Waals surface area contributed by atoms with Gasteiger partial charge in [-0.2, -0.15) is 9.78 Å². The van der Waals surface area contributed by atoms with Gasteiger partial charge in [0.05, 0.1) is 27.3 Å². The number of aromatic nitrogens is 2. The summed E-state index contributed by atoms with van der Waals surface area (Å²) in [5.74, 6) is 1.91. The molecule has 192 valence electrons. The Morgan fingerprint density at radius 3 is 2.68 bits per heavy atom. The molecule has 0 unspecified atom stereocenters. The van der Waals surface area contributed by atoms with Gasteiger partial charge in [-0.25, -0.2) is 4.98 Å². The van der Waals surface area contributed by atoms with Gasteiger partial charge < -0.3 is 9.47 Å². The zero-order valence-electron chi connectivity index (χ0n) is 20.7. The average molecular weight is 695 g/mol. The van der Waals surface area contributed by atoms with Gasteiger partial charge in [-0.15, -0.1) is 0 Å². The SMILES string of the molecule is CCOc1cc(C=Nn2c([C@@H](C)CC)nc3ccc(Br)cc3c2=O)cc(I)c1OCc1ccccc1Cl. The summed E-state index contributed by atoms with van der Waals surface area (Å²) in [5.41, 5.74) is 2.11. The van der Waals surface area contributed by atoms with Crippen LogP contribution in [-0.4, -0.2) is 22.5 Å². The molecule has 0 bridgehead atoms. The van der Waals surface area contributed by atoms with Crippen LogP contribution in [0.4, 0.5) is 0 Å². The van der Waals surface area contributed by atoms with Gasteiger partial charge in [0, 0.05) is 21.0 Å². The zero-order chi connectivity index (χ0) is 26.5. The Kier molecular flexibility index (Phi) is 9.26. The molecule has 0 N–H and O–H groups in total. The number of benzene rings is 3. The summed E-state index contributed by atoms with van der Waals surface area (Å²) < 4.78 is 15.1. The number of ether oxygens (including phenoxy) is 2. The van der Waals surface area contributed by atoms with E-state index in [1.807, 2.05) is 62.4 Å². The molecule has 4 aromatic rings. The molecule has 0 aliphatic carbocycles. The molecular formula is C28H26BrClIN3O3. The molecule has 1 aromatic heterocycles. The molecule has 0 saturated carbocycles. The molecule has 0 radical (unpaired) electrons. The van der Waals surface area contributed by atoms with Crippen LogP contribution in [0.3, 0.4) is 0 Å². The van der Waals surface area contributed by atoms with E-state index in [2.05, 4.69) is 50.5 Å². The van der Waals surface area contributed by atoms with Crippen molar-refractivity contribution < 1.29 is 9.47 Å². The zero-order valence-corrected chi connectivity index (χ0v) is 25.2. The van der Waals surface area contributed by atoms with Crippen LogP contribution in [0, 0.1) is 3.57 Å². The Morgan fingerprint density at radius 1 is 1.16 bits per heavy atom. The van der Waals surface area contributed by atoms with Crippen LogP contribution < -0.4 is 15.0 Å². The number of hydrogen-bond acceptors (Lipinski definition) is 5. The number of nitrogens with zero attached hydrogens (tertiary/aromatic N) is 3. The second-order valence-electron chi connectivity index (χ2n) is 8.45. The predicted molar refractivity (Wildman–Crippen MR) is 162 cm³/mol. The third-order valence-electron chi connectivity index (χ3n) is 5.87. The molecule has 4 rings (SSSR count). The third kappa shape index (κ3) is 6.35. The molecular weight excluding hydrogens is 669 g/mol. The van der Waals surface area contributed by atoms with Gasteiger partial charge in [-0.05, 0) is 77.9 Å². The summed E-state index contributed by atoms with van der Waals surface area (Å²) in [4.78, 5) is 18.2. The van der Waals surface area contributed by atoms with E-state index in [9.17, 15) is 4.79 Å². The van der Waals surface area contributed by atoms with Gasteiger partial charge >= 0.3 is 0 Å². The first-order valence-corrected chi connectivity index (χ1v) is 14.2. The number of halogens is 3. The van der Waals surface area contributed by atoms with Gasteiger partial charge in [0.25, 0.3) is 5.56 Å². The van der Waals surface area contributed by atoms with Gasteiger partial charge in [-0.3, -0.25) is 4.79 Å². The monoisotopic (exact) mass is 693 g/mol. The van der Waals surface area contributed by atoms with Crippen molar-refractivity contribution in [3.8, 4) is 11.5 Å². The maximum Gasteiger partial charge on any atom is 0.282 e. The summed E-state index contributed by atoms with van der Waals surface area (Å²) in [6.07, 6.45) is 2.48. The molecule has 0 saturated heterocycles. The molecule has 9 heteroatoms. The molecule has 0 amide bonds. The lowest BCUT2D eigenvalue weighted by Crippen LogP contribution is -2.23. The maximum absolute atomic E-state index is 13.4. The minimum atomic E-state index is -0.211. The fourth-order valence-electron chi connectivity index (χ4n) is 3.73. The molecule has 1 atom stereocenters. The average Bonchev–Trinajstić information content (AvgIpc) is 2.88. The molecule has 1 heterocycles. The summed E-state index contributed by atoms with van der Waals surface area (Å²) in [6.45, 7) is 6.81. The van der Waals surface area contributed by atoms with Crippen molar-refractivity contribution in [1.82, 2.24) is 9.66 Å². The van der Waals surface area contributed by atoms with Crippen LogP contribution in [-0.2, 0) is 6.61 Å². The van der Waals surface area contributed by atoms with Crippen LogP contribution in [0.5, 0.6) is 11.5 Å². The van der Waals surface area contributed by atoms with Crippen molar-refractivity contribution in [2.45, 2.75) is 39.7 Å². The Hall–Kier alpha value is -2.43. The predicted octanol–water partition coefficient (Wildman–Crippen LogP) is 7.79. The standard InChI is InChI=1S/C28H26BrClIN3O3/c1-4-17(3)27-33-24-11-10-20(29)14-21(24)28(35)34(27)32-15-18-12-23(31)26(25(13-18)36-5-2)37-16-19-8-6-7-9-22(19)30/h6-15,17H,4-5,16H2,1-3H3/t17-/m0/s1. The van der Waals surface area contributed by atoms with Gasteiger partial charge in [0.1, 0.15) is 12.4 Å². The van der Waals surface area contributed by atoms with Crippen molar-refractivity contribution in [1.29, 1.82) is 0 Å². The second-order valence-corrected chi connectivity index (χ2v) is 10.9.